The number of carbonyl (C=O) groups is 2. The first-order valence-corrected chi connectivity index (χ1v) is 9.69. The number of ether oxygens (including phenoxy) is 1. The third-order valence-corrected chi connectivity index (χ3v) is 5.07. The van der Waals surface area contributed by atoms with Crippen LogP contribution in [0.15, 0.2) is 54.7 Å². The molecule has 144 valence electrons. The summed E-state index contributed by atoms with van der Waals surface area (Å²) in [6.45, 7) is 1.57. The Labute approximate surface area is 171 Å². The topological polar surface area (TPSA) is 80.3 Å². The number of alkyl halides is 1. The molecule has 6 nitrogen and oxygen atoms in total. The smallest absolute Gasteiger partial charge is 0.267 e. The van der Waals surface area contributed by atoms with Gasteiger partial charge in [-0.2, -0.15) is 0 Å². The SMILES string of the molecule is COc1ccc(NC(=O)c2cnc(-c3ccccc3)s2)cc1NC(=O)C(C)Cl. The normalized spacial score (nSPS) is 11.5. The van der Waals surface area contributed by atoms with Gasteiger partial charge >= 0.3 is 0 Å². The van der Waals surface area contributed by atoms with Crippen molar-refractivity contribution in [3.8, 4) is 16.3 Å². The lowest BCUT2D eigenvalue weighted by atomic mass is 10.2. The van der Waals surface area contributed by atoms with Gasteiger partial charge in [-0.15, -0.1) is 22.9 Å². The average molecular weight is 416 g/mol. The molecule has 0 radical (unpaired) electrons. The van der Waals surface area contributed by atoms with Crippen LogP contribution in [0.4, 0.5) is 11.4 Å². The molecule has 1 aromatic heterocycles. The van der Waals surface area contributed by atoms with Crippen LogP contribution in [0.1, 0.15) is 16.6 Å². The maximum atomic E-state index is 12.6. The van der Waals surface area contributed by atoms with Gasteiger partial charge in [0.15, 0.2) is 0 Å². The molecule has 1 atom stereocenters. The Kier molecular flexibility index (Phi) is 6.28. The zero-order valence-corrected chi connectivity index (χ0v) is 16.8. The summed E-state index contributed by atoms with van der Waals surface area (Å²) < 4.78 is 5.24. The number of halogens is 1. The van der Waals surface area contributed by atoms with E-state index in [2.05, 4.69) is 15.6 Å². The van der Waals surface area contributed by atoms with E-state index in [0.717, 1.165) is 10.6 Å². The van der Waals surface area contributed by atoms with E-state index < -0.39 is 5.38 Å². The number of amides is 2. The van der Waals surface area contributed by atoms with Gasteiger partial charge in [0.2, 0.25) is 5.91 Å². The van der Waals surface area contributed by atoms with Gasteiger partial charge in [0.05, 0.1) is 19.0 Å². The second kappa shape index (κ2) is 8.86. The third kappa shape index (κ3) is 4.68. The first-order chi connectivity index (χ1) is 13.5. The molecular weight excluding hydrogens is 398 g/mol. The fourth-order valence-corrected chi connectivity index (χ4v) is 3.27. The number of rotatable bonds is 6. The summed E-state index contributed by atoms with van der Waals surface area (Å²) in [6, 6.07) is 14.6. The van der Waals surface area contributed by atoms with E-state index in [1.807, 2.05) is 30.3 Å². The van der Waals surface area contributed by atoms with Gasteiger partial charge < -0.3 is 15.4 Å². The standard InChI is InChI=1S/C20H18ClN3O3S/c1-12(21)18(25)24-15-10-14(8-9-16(15)27-2)23-19(26)17-11-22-20(28-17)13-6-4-3-5-7-13/h3-12H,1-2H3,(H,23,26)(H,24,25). The van der Waals surface area contributed by atoms with Gasteiger partial charge in [-0.3, -0.25) is 9.59 Å². The van der Waals surface area contributed by atoms with Gasteiger partial charge in [-0.25, -0.2) is 4.98 Å². The molecule has 0 aliphatic carbocycles. The lowest BCUT2D eigenvalue weighted by molar-refractivity contribution is -0.115. The first-order valence-electron chi connectivity index (χ1n) is 8.43. The van der Waals surface area contributed by atoms with Crippen LogP contribution in [0.2, 0.25) is 0 Å². The number of nitrogens with one attached hydrogen (secondary N) is 2. The van der Waals surface area contributed by atoms with Crippen molar-refractivity contribution in [3.05, 3.63) is 59.6 Å². The Morgan fingerprint density at radius 1 is 1.14 bits per heavy atom. The number of methoxy groups -OCH3 is 1. The van der Waals surface area contributed by atoms with Crippen molar-refractivity contribution in [2.45, 2.75) is 12.3 Å². The molecule has 1 heterocycles. The summed E-state index contributed by atoms with van der Waals surface area (Å²) in [6.07, 6.45) is 1.55. The Morgan fingerprint density at radius 2 is 1.89 bits per heavy atom. The second-order valence-corrected chi connectivity index (χ2v) is 7.56. The molecule has 0 saturated heterocycles. The van der Waals surface area contributed by atoms with Gasteiger partial charge in [0, 0.05) is 11.3 Å². The molecule has 0 aliphatic heterocycles. The number of carbonyl (C=O) groups excluding carboxylic acids is 2. The van der Waals surface area contributed by atoms with Crippen molar-refractivity contribution in [1.29, 1.82) is 0 Å². The van der Waals surface area contributed by atoms with Gasteiger partial charge in [0.25, 0.3) is 5.91 Å². The van der Waals surface area contributed by atoms with Crippen molar-refractivity contribution in [2.75, 3.05) is 17.7 Å². The van der Waals surface area contributed by atoms with E-state index in [0.29, 0.717) is 22.0 Å². The molecule has 28 heavy (non-hydrogen) atoms. The number of nitrogens with zero attached hydrogens (tertiary/aromatic N) is 1. The number of hydrogen-bond donors (Lipinski definition) is 2. The average Bonchev–Trinajstić information content (AvgIpc) is 3.19. The van der Waals surface area contributed by atoms with Crippen molar-refractivity contribution >= 4 is 46.1 Å². The lowest BCUT2D eigenvalue weighted by Gasteiger charge is -2.13. The summed E-state index contributed by atoms with van der Waals surface area (Å²) in [5, 5.41) is 5.56. The highest BCUT2D eigenvalue weighted by atomic mass is 35.5. The second-order valence-electron chi connectivity index (χ2n) is 5.87. The summed E-state index contributed by atoms with van der Waals surface area (Å²) in [4.78, 5) is 29.3. The highest BCUT2D eigenvalue weighted by Gasteiger charge is 2.15. The van der Waals surface area contributed by atoms with Crippen molar-refractivity contribution < 1.29 is 14.3 Å². The molecule has 2 aromatic carbocycles. The summed E-state index contributed by atoms with van der Waals surface area (Å²) in [7, 11) is 1.50. The van der Waals surface area contributed by atoms with E-state index >= 15 is 0 Å². The van der Waals surface area contributed by atoms with Crippen LogP contribution in [0.25, 0.3) is 10.6 Å². The molecule has 1 unspecified atom stereocenters. The van der Waals surface area contributed by atoms with Crippen LogP contribution in [-0.2, 0) is 4.79 Å². The Bertz CT molecular complexity index is 989. The fraction of sp³-hybridized carbons (Fsp3) is 0.150. The molecule has 0 spiro atoms. The number of anilines is 2. The largest absolute Gasteiger partial charge is 0.495 e. The van der Waals surface area contributed by atoms with Crippen LogP contribution in [0, 0.1) is 0 Å². The minimum absolute atomic E-state index is 0.284. The number of aromatic nitrogens is 1. The van der Waals surface area contributed by atoms with Gasteiger partial charge in [0.1, 0.15) is 21.0 Å². The molecule has 0 saturated carbocycles. The molecule has 2 amide bonds. The Hall–Kier alpha value is -2.90. The first kappa shape index (κ1) is 19.9. The molecule has 0 bridgehead atoms. The molecule has 2 N–H and O–H groups in total. The van der Waals surface area contributed by atoms with Crippen LogP contribution < -0.4 is 15.4 Å². The number of thiazole rings is 1. The van der Waals surface area contributed by atoms with E-state index in [4.69, 9.17) is 16.3 Å². The zero-order valence-electron chi connectivity index (χ0n) is 15.2. The summed E-state index contributed by atoms with van der Waals surface area (Å²) in [5.74, 6) is -0.181. The molecule has 3 aromatic rings. The van der Waals surface area contributed by atoms with E-state index in [9.17, 15) is 9.59 Å². The fourth-order valence-electron chi connectivity index (χ4n) is 2.40. The van der Waals surface area contributed by atoms with E-state index in [1.165, 1.54) is 18.4 Å². The predicted molar refractivity (Wildman–Crippen MR) is 112 cm³/mol. The summed E-state index contributed by atoms with van der Waals surface area (Å²) >= 11 is 7.11. The highest BCUT2D eigenvalue weighted by molar-refractivity contribution is 7.17. The molecule has 3 rings (SSSR count). The molecule has 0 fully saturated rings. The van der Waals surface area contributed by atoms with Crippen molar-refractivity contribution in [1.82, 2.24) is 4.98 Å². The quantitative estimate of drug-likeness (QED) is 0.575. The minimum atomic E-state index is -0.698. The van der Waals surface area contributed by atoms with Crippen LogP contribution in [-0.4, -0.2) is 29.3 Å². The lowest BCUT2D eigenvalue weighted by Crippen LogP contribution is -2.21. The Morgan fingerprint density at radius 3 is 2.57 bits per heavy atom. The zero-order chi connectivity index (χ0) is 20.1. The molecular formula is C20H18ClN3O3S. The van der Waals surface area contributed by atoms with Crippen LogP contribution >= 0.6 is 22.9 Å². The third-order valence-electron chi connectivity index (χ3n) is 3.83. The maximum Gasteiger partial charge on any atom is 0.267 e. The maximum absolute atomic E-state index is 12.6. The van der Waals surface area contributed by atoms with Gasteiger partial charge in [-0.05, 0) is 25.1 Å². The minimum Gasteiger partial charge on any atom is -0.495 e. The highest BCUT2D eigenvalue weighted by Crippen LogP contribution is 2.29. The van der Waals surface area contributed by atoms with Crippen LogP contribution in [0.3, 0.4) is 0 Å². The van der Waals surface area contributed by atoms with Crippen molar-refractivity contribution in [2.24, 2.45) is 0 Å². The van der Waals surface area contributed by atoms with E-state index in [-0.39, 0.29) is 11.8 Å². The van der Waals surface area contributed by atoms with Crippen molar-refractivity contribution in [3.63, 3.8) is 0 Å². The predicted octanol–water partition coefficient (Wildman–Crippen LogP) is 4.64. The van der Waals surface area contributed by atoms with E-state index in [1.54, 1.807) is 31.3 Å². The monoisotopic (exact) mass is 415 g/mol. The molecule has 8 heteroatoms. The summed E-state index contributed by atoms with van der Waals surface area (Å²) in [5.41, 5.74) is 1.89. The Balaban J connectivity index is 1.77. The molecule has 0 aliphatic rings. The van der Waals surface area contributed by atoms with Gasteiger partial charge in [-0.1, -0.05) is 30.3 Å². The van der Waals surface area contributed by atoms with Crippen LogP contribution in [0.5, 0.6) is 5.75 Å². The number of hydrogen-bond acceptors (Lipinski definition) is 5. The number of benzene rings is 2.